The van der Waals surface area contributed by atoms with Gasteiger partial charge in [-0.15, -0.1) is 13.0 Å². The minimum absolute atomic E-state index is 0. The van der Waals surface area contributed by atoms with Crippen molar-refractivity contribution >= 4 is 15.4 Å². The van der Waals surface area contributed by atoms with Gasteiger partial charge < -0.3 is 13.2 Å². The predicted molar refractivity (Wildman–Crippen MR) is 187 cm³/mol. The van der Waals surface area contributed by atoms with Gasteiger partial charge in [0.1, 0.15) is 0 Å². The van der Waals surface area contributed by atoms with Crippen molar-refractivity contribution < 1.29 is 21.7 Å². The van der Waals surface area contributed by atoms with Crippen LogP contribution in [-0.4, -0.2) is 16.3 Å². The summed E-state index contributed by atoms with van der Waals surface area (Å²) >= 11 is 0. The SMILES string of the molecule is CC1=[C-]C(C)C(C)=C1C.[CH3-].[NH-]C1CCCCCCCCCC1.[SiH2]c1ccccc1.[Ti+3].c1ccc(-c2ccccc2)cc1. The molecule has 0 amide bonds. The first-order chi connectivity index (χ1) is 19.4. The zero-order chi connectivity index (χ0) is 29.0. The Bertz CT molecular complexity index is 1060. The first-order valence-corrected chi connectivity index (χ1v) is 16.1. The quantitative estimate of drug-likeness (QED) is 0.193. The monoisotopic (exact) mass is 613 g/mol. The van der Waals surface area contributed by atoms with Gasteiger partial charge in [-0.05, 0) is 11.1 Å². The number of hydrogen-bond donors (Lipinski definition) is 0. The Kier molecular flexibility index (Phi) is 23.3. The van der Waals surface area contributed by atoms with Crippen molar-refractivity contribution in [1.82, 2.24) is 0 Å². The molecule has 0 aliphatic heterocycles. The van der Waals surface area contributed by atoms with Crippen LogP contribution in [0.4, 0.5) is 0 Å². The van der Waals surface area contributed by atoms with E-state index < -0.39 is 0 Å². The normalized spacial score (nSPS) is 17.1. The summed E-state index contributed by atoms with van der Waals surface area (Å²) in [6.07, 6.45) is 16.7. The maximum Gasteiger partial charge on any atom is 3.00 e. The molecule has 1 unspecified atom stereocenters. The Morgan fingerprint density at radius 1 is 0.619 bits per heavy atom. The number of rotatable bonds is 1. The molecule has 2 aliphatic rings. The first kappa shape index (κ1) is 40.0. The van der Waals surface area contributed by atoms with Crippen LogP contribution in [0.15, 0.2) is 108 Å². The molecular formula is C39H55NSiTi. The standard InChI is InChI=1S/C12H10.C11H22N.C9H13.C6H7Si.CH3.Ti/c1-3-7-11(8-4-1)12-9-5-2-6-10-12;12-11-9-7-5-3-1-2-4-6-8-10-11;1-6-5-7(2)9(4)8(6)3;7-6-4-2-1-3-5-6;;/h1-10H;11-12H,1-10H2;6H,1-4H3;1-5H,7H2;1H3;/q;2*-1;;-1;+3. The van der Waals surface area contributed by atoms with Gasteiger partial charge in [0.2, 0.25) is 0 Å². The van der Waals surface area contributed by atoms with Crippen molar-refractivity contribution in [3.63, 3.8) is 0 Å². The van der Waals surface area contributed by atoms with E-state index in [4.69, 9.17) is 5.73 Å². The van der Waals surface area contributed by atoms with E-state index in [1.807, 2.05) is 40.6 Å². The summed E-state index contributed by atoms with van der Waals surface area (Å²) < 4.78 is 0. The first-order valence-electron chi connectivity index (χ1n) is 15.3. The van der Waals surface area contributed by atoms with E-state index in [0.29, 0.717) is 5.92 Å². The van der Waals surface area contributed by atoms with Crippen LogP contribution in [0.1, 0.15) is 91.9 Å². The topological polar surface area (TPSA) is 23.8 Å². The number of benzene rings is 3. The van der Waals surface area contributed by atoms with Crippen LogP contribution in [0.25, 0.3) is 16.9 Å². The van der Waals surface area contributed by atoms with Gasteiger partial charge in [-0.25, -0.2) is 5.57 Å². The Morgan fingerprint density at radius 2 is 0.976 bits per heavy atom. The maximum atomic E-state index is 7.75. The van der Waals surface area contributed by atoms with Gasteiger partial charge in [0.05, 0.1) is 0 Å². The number of allylic oxidation sites excluding steroid dienone is 4. The second kappa shape index (κ2) is 24.5. The third-order valence-corrected chi connectivity index (χ3v) is 8.29. The molecule has 2 aliphatic carbocycles. The predicted octanol–water partition coefficient (Wildman–Crippen LogP) is 10.8. The van der Waals surface area contributed by atoms with Crippen LogP contribution in [0.5, 0.6) is 0 Å². The fourth-order valence-electron chi connectivity index (χ4n) is 4.89. The summed E-state index contributed by atoms with van der Waals surface area (Å²) in [5.41, 5.74) is 14.5. The third-order valence-electron chi connectivity index (χ3n) is 7.82. The molecule has 5 rings (SSSR count). The van der Waals surface area contributed by atoms with Gasteiger partial charge >= 0.3 is 21.7 Å². The summed E-state index contributed by atoms with van der Waals surface area (Å²) in [5.74, 6) is 0.560. The fraction of sp³-hybridized carbons (Fsp3) is 0.410. The minimum atomic E-state index is 0. The average Bonchev–Trinajstić information content (AvgIpc) is 3.18. The molecule has 0 bridgehead atoms. The van der Waals surface area contributed by atoms with E-state index in [-0.39, 0.29) is 35.2 Å². The van der Waals surface area contributed by atoms with Crippen molar-refractivity contribution in [3.05, 3.63) is 127 Å². The molecule has 2 radical (unpaired) electrons. The van der Waals surface area contributed by atoms with Crippen LogP contribution in [-0.2, 0) is 21.7 Å². The van der Waals surface area contributed by atoms with E-state index in [2.05, 4.69) is 94.4 Å². The summed E-state index contributed by atoms with van der Waals surface area (Å²) in [6.45, 7) is 8.67. The molecule has 1 nitrogen and oxygen atoms in total. The number of hydrogen-bond acceptors (Lipinski definition) is 0. The molecule has 3 aromatic carbocycles. The van der Waals surface area contributed by atoms with Gasteiger partial charge in [-0.3, -0.25) is 6.08 Å². The molecule has 1 N–H and O–H groups in total. The molecule has 3 aromatic rings. The Labute approximate surface area is 277 Å². The molecule has 1 fully saturated rings. The summed E-state index contributed by atoms with van der Waals surface area (Å²) in [5, 5.41) is 1.35. The summed E-state index contributed by atoms with van der Waals surface area (Å²) in [7, 11) is 1.90. The molecule has 0 spiro atoms. The molecule has 1 saturated carbocycles. The summed E-state index contributed by atoms with van der Waals surface area (Å²) in [4.78, 5) is 0. The molecule has 42 heavy (non-hydrogen) atoms. The molecular weight excluding hydrogens is 558 g/mol. The van der Waals surface area contributed by atoms with Crippen molar-refractivity contribution in [3.8, 4) is 11.1 Å². The molecule has 0 aromatic heterocycles. The van der Waals surface area contributed by atoms with Gasteiger partial charge in [0.25, 0.3) is 0 Å². The second-order valence-electron chi connectivity index (χ2n) is 11.1. The fourth-order valence-corrected chi connectivity index (χ4v) is 5.16. The van der Waals surface area contributed by atoms with E-state index in [9.17, 15) is 0 Å². The second-order valence-corrected chi connectivity index (χ2v) is 11.9. The van der Waals surface area contributed by atoms with Crippen LogP contribution in [0.2, 0.25) is 0 Å². The van der Waals surface area contributed by atoms with Gasteiger partial charge in [-0.1, -0.05) is 187 Å². The summed E-state index contributed by atoms with van der Waals surface area (Å²) in [6, 6.07) is 31.3. The zero-order valence-electron chi connectivity index (χ0n) is 27.1. The molecule has 1 atom stereocenters. The Hall–Kier alpha value is -1.97. The van der Waals surface area contributed by atoms with E-state index in [1.165, 1.54) is 84.4 Å². The van der Waals surface area contributed by atoms with Gasteiger partial charge in [0, 0.05) is 10.2 Å². The smallest absolute Gasteiger partial charge is 0.675 e. The van der Waals surface area contributed by atoms with Gasteiger partial charge in [0.15, 0.2) is 0 Å². The molecule has 0 saturated heterocycles. The van der Waals surface area contributed by atoms with Crippen molar-refractivity contribution in [2.75, 3.05) is 0 Å². The zero-order valence-corrected chi connectivity index (χ0v) is 30.1. The maximum absolute atomic E-state index is 7.75. The third kappa shape index (κ3) is 17.2. The largest absolute Gasteiger partial charge is 3.00 e. The average molecular weight is 614 g/mol. The van der Waals surface area contributed by atoms with E-state index in [1.54, 1.807) is 0 Å². The van der Waals surface area contributed by atoms with Crippen LogP contribution >= 0.6 is 0 Å². The van der Waals surface area contributed by atoms with Crippen LogP contribution < -0.4 is 5.19 Å². The van der Waals surface area contributed by atoms with Crippen molar-refractivity contribution in [2.24, 2.45) is 5.92 Å². The molecule has 3 heteroatoms. The van der Waals surface area contributed by atoms with E-state index in [0.717, 1.165) is 12.8 Å². The van der Waals surface area contributed by atoms with Crippen LogP contribution in [0, 0.1) is 19.4 Å². The van der Waals surface area contributed by atoms with Crippen molar-refractivity contribution in [1.29, 1.82) is 0 Å². The molecule has 0 heterocycles. The Balaban J connectivity index is 0.000000535. The van der Waals surface area contributed by atoms with Gasteiger partial charge in [-0.2, -0.15) is 11.1 Å². The van der Waals surface area contributed by atoms with Crippen molar-refractivity contribution in [2.45, 2.75) is 97.9 Å². The Morgan fingerprint density at radius 3 is 1.24 bits per heavy atom. The van der Waals surface area contributed by atoms with E-state index >= 15 is 0 Å². The molecule has 224 valence electrons. The van der Waals surface area contributed by atoms with Crippen LogP contribution in [0.3, 0.4) is 0 Å². The number of nitrogens with one attached hydrogen (secondary N) is 1. The minimum Gasteiger partial charge on any atom is -0.675 e.